The molecule has 0 unspecified atom stereocenters. The molecule has 1 amide bonds. The van der Waals surface area contributed by atoms with Crippen LogP contribution in [-0.2, 0) is 0 Å². The van der Waals surface area contributed by atoms with E-state index in [9.17, 15) is 4.79 Å². The van der Waals surface area contributed by atoms with Crippen molar-refractivity contribution in [1.29, 1.82) is 0 Å². The molecule has 104 valence electrons. The van der Waals surface area contributed by atoms with Crippen molar-refractivity contribution in [3.8, 4) is 5.75 Å². The molecular weight excluding hydrogens is 326 g/mol. The van der Waals surface area contributed by atoms with Gasteiger partial charge >= 0.3 is 0 Å². The van der Waals surface area contributed by atoms with Crippen molar-refractivity contribution in [1.82, 2.24) is 9.97 Å². The zero-order valence-electron chi connectivity index (χ0n) is 10.6. The summed E-state index contributed by atoms with van der Waals surface area (Å²) in [5, 5.41) is 2.70. The molecule has 1 heterocycles. The first-order valence-corrected chi connectivity index (χ1v) is 6.37. The number of nitrogen functional groups attached to an aromatic ring is 1. The second kappa shape index (κ2) is 6.31. The molecule has 0 aliphatic carbocycles. The summed E-state index contributed by atoms with van der Waals surface area (Å²) in [4.78, 5) is 20.0. The molecule has 0 aliphatic heterocycles. The fraction of sp³-hybridized carbons (Fsp3) is 0.0833. The molecule has 20 heavy (non-hydrogen) atoms. The predicted octanol–water partition coefficient (Wildman–Crippen LogP) is 1.79. The van der Waals surface area contributed by atoms with Gasteiger partial charge < -0.3 is 15.5 Å². The Labute approximate surface area is 123 Å². The lowest BCUT2D eigenvalue weighted by Gasteiger charge is -2.10. The highest BCUT2D eigenvalue weighted by Gasteiger charge is 2.12. The van der Waals surface area contributed by atoms with E-state index < -0.39 is 5.91 Å². The van der Waals surface area contributed by atoms with Crippen LogP contribution < -0.4 is 21.3 Å². The fourth-order valence-electron chi connectivity index (χ4n) is 1.51. The number of hydrogen-bond acceptors (Lipinski definition) is 6. The molecule has 0 aliphatic rings. The third-order valence-corrected chi connectivity index (χ3v) is 2.92. The quantitative estimate of drug-likeness (QED) is 0.580. The number of carbonyl (C=O) groups is 1. The van der Waals surface area contributed by atoms with E-state index in [0.717, 1.165) is 4.47 Å². The predicted molar refractivity (Wildman–Crippen MR) is 78.5 cm³/mol. The van der Waals surface area contributed by atoms with E-state index in [1.165, 1.54) is 19.5 Å². The topological polar surface area (TPSA) is 102 Å². The highest BCUT2D eigenvalue weighted by atomic mass is 79.9. The molecule has 8 heteroatoms. The van der Waals surface area contributed by atoms with Crippen molar-refractivity contribution in [3.05, 3.63) is 40.8 Å². The maximum atomic E-state index is 12.1. The molecule has 0 fully saturated rings. The summed E-state index contributed by atoms with van der Waals surface area (Å²) >= 11 is 3.33. The second-order valence-electron chi connectivity index (χ2n) is 3.73. The lowest BCUT2D eigenvalue weighted by Crippen LogP contribution is -2.17. The van der Waals surface area contributed by atoms with Crippen molar-refractivity contribution in [2.75, 3.05) is 17.9 Å². The molecule has 0 bridgehead atoms. The lowest BCUT2D eigenvalue weighted by molar-refractivity contribution is 0.102. The van der Waals surface area contributed by atoms with Gasteiger partial charge in [0, 0.05) is 4.47 Å². The van der Waals surface area contributed by atoms with Crippen molar-refractivity contribution in [2.24, 2.45) is 5.84 Å². The zero-order valence-corrected chi connectivity index (χ0v) is 12.1. The summed E-state index contributed by atoms with van der Waals surface area (Å²) < 4.78 is 5.99. The average Bonchev–Trinajstić information content (AvgIpc) is 2.47. The minimum Gasteiger partial charge on any atom is -0.495 e. The Morgan fingerprint density at radius 2 is 2.20 bits per heavy atom. The molecule has 2 rings (SSSR count). The number of hydrazine groups is 1. The van der Waals surface area contributed by atoms with Crippen LogP contribution in [0.3, 0.4) is 0 Å². The molecule has 1 aromatic carbocycles. The van der Waals surface area contributed by atoms with E-state index in [4.69, 9.17) is 10.6 Å². The van der Waals surface area contributed by atoms with Gasteiger partial charge in [-0.1, -0.05) is 15.9 Å². The maximum Gasteiger partial charge on any atom is 0.276 e. The highest BCUT2D eigenvalue weighted by Crippen LogP contribution is 2.28. The van der Waals surface area contributed by atoms with E-state index in [2.05, 4.69) is 36.6 Å². The van der Waals surface area contributed by atoms with E-state index in [0.29, 0.717) is 17.3 Å². The Morgan fingerprint density at radius 3 is 2.90 bits per heavy atom. The minimum absolute atomic E-state index is 0.141. The number of amides is 1. The number of aromatic nitrogens is 2. The number of hydrogen-bond donors (Lipinski definition) is 3. The van der Waals surface area contributed by atoms with Gasteiger partial charge in [0.15, 0.2) is 5.82 Å². The van der Waals surface area contributed by atoms with Crippen LogP contribution in [0.25, 0.3) is 0 Å². The largest absolute Gasteiger partial charge is 0.495 e. The van der Waals surface area contributed by atoms with Gasteiger partial charge in [-0.3, -0.25) is 9.78 Å². The smallest absolute Gasteiger partial charge is 0.276 e. The Bertz CT molecular complexity index is 635. The van der Waals surface area contributed by atoms with Gasteiger partial charge in [-0.25, -0.2) is 10.8 Å². The molecule has 1 aromatic heterocycles. The molecule has 0 saturated heterocycles. The Morgan fingerprint density at radius 1 is 1.40 bits per heavy atom. The first kappa shape index (κ1) is 14.2. The molecule has 2 aromatic rings. The SMILES string of the molecule is COc1ccc(Br)cc1NC(=O)c1cncc(NN)n1. The van der Waals surface area contributed by atoms with Crippen LogP contribution in [0.15, 0.2) is 35.1 Å². The van der Waals surface area contributed by atoms with Gasteiger partial charge in [-0.15, -0.1) is 0 Å². The van der Waals surface area contributed by atoms with Crippen LogP contribution in [0.5, 0.6) is 5.75 Å². The number of rotatable bonds is 4. The Hall–Kier alpha value is -2.19. The second-order valence-corrected chi connectivity index (χ2v) is 4.65. The summed E-state index contributed by atoms with van der Waals surface area (Å²) in [6.45, 7) is 0. The third-order valence-electron chi connectivity index (χ3n) is 2.42. The van der Waals surface area contributed by atoms with Crippen molar-refractivity contribution < 1.29 is 9.53 Å². The van der Waals surface area contributed by atoms with Crippen LogP contribution in [0.4, 0.5) is 11.5 Å². The lowest BCUT2D eigenvalue weighted by atomic mass is 10.3. The van der Waals surface area contributed by atoms with Gasteiger partial charge in [-0.05, 0) is 18.2 Å². The first-order chi connectivity index (χ1) is 9.63. The van der Waals surface area contributed by atoms with E-state index in [1.807, 2.05) is 6.07 Å². The number of anilines is 2. The van der Waals surface area contributed by atoms with E-state index >= 15 is 0 Å². The average molecular weight is 338 g/mol. The van der Waals surface area contributed by atoms with Crippen molar-refractivity contribution in [3.63, 3.8) is 0 Å². The van der Waals surface area contributed by atoms with E-state index in [1.54, 1.807) is 12.1 Å². The summed E-state index contributed by atoms with van der Waals surface area (Å²) in [7, 11) is 1.53. The van der Waals surface area contributed by atoms with Gasteiger partial charge in [0.1, 0.15) is 11.4 Å². The molecule has 7 nitrogen and oxygen atoms in total. The highest BCUT2D eigenvalue weighted by molar-refractivity contribution is 9.10. The number of benzene rings is 1. The van der Waals surface area contributed by atoms with Crippen molar-refractivity contribution in [2.45, 2.75) is 0 Å². The fourth-order valence-corrected chi connectivity index (χ4v) is 1.87. The number of methoxy groups -OCH3 is 1. The third kappa shape index (κ3) is 3.22. The molecule has 0 saturated carbocycles. The Balaban J connectivity index is 2.25. The minimum atomic E-state index is -0.411. The van der Waals surface area contributed by atoms with Gasteiger partial charge in [-0.2, -0.15) is 0 Å². The maximum absolute atomic E-state index is 12.1. The molecule has 0 spiro atoms. The standard InChI is InChI=1S/C12H12BrN5O2/c1-20-10-3-2-7(13)4-8(10)17-12(19)9-5-15-6-11(16-9)18-14/h2-6H,14H2,1H3,(H,16,18)(H,17,19). The van der Waals surface area contributed by atoms with Crippen LogP contribution in [0, 0.1) is 0 Å². The zero-order chi connectivity index (χ0) is 14.5. The van der Waals surface area contributed by atoms with Crippen LogP contribution in [-0.4, -0.2) is 23.0 Å². The molecule has 4 N–H and O–H groups in total. The number of ether oxygens (including phenoxy) is 1. The molecular formula is C12H12BrN5O2. The van der Waals surface area contributed by atoms with Crippen molar-refractivity contribution >= 4 is 33.3 Å². The summed E-state index contributed by atoms with van der Waals surface area (Å²) in [5.74, 6) is 5.66. The molecule has 0 radical (unpaired) electrons. The van der Waals surface area contributed by atoms with Gasteiger partial charge in [0.2, 0.25) is 0 Å². The number of nitrogens with one attached hydrogen (secondary N) is 2. The number of nitrogens with two attached hydrogens (primary N) is 1. The Kier molecular flexibility index (Phi) is 4.49. The normalized spacial score (nSPS) is 9.95. The monoisotopic (exact) mass is 337 g/mol. The van der Waals surface area contributed by atoms with Crippen LogP contribution in [0.1, 0.15) is 10.5 Å². The number of halogens is 1. The van der Waals surface area contributed by atoms with E-state index in [-0.39, 0.29) is 5.69 Å². The van der Waals surface area contributed by atoms with Gasteiger partial charge in [0.25, 0.3) is 5.91 Å². The first-order valence-electron chi connectivity index (χ1n) is 5.57. The van der Waals surface area contributed by atoms with Crippen LogP contribution >= 0.6 is 15.9 Å². The molecule has 0 atom stereocenters. The van der Waals surface area contributed by atoms with Crippen LogP contribution in [0.2, 0.25) is 0 Å². The number of nitrogens with zero attached hydrogens (tertiary/aromatic N) is 2. The number of carbonyl (C=O) groups excluding carboxylic acids is 1. The summed E-state index contributed by atoms with van der Waals surface area (Å²) in [5.41, 5.74) is 3.00. The summed E-state index contributed by atoms with van der Waals surface area (Å²) in [6, 6.07) is 5.28. The summed E-state index contributed by atoms with van der Waals surface area (Å²) in [6.07, 6.45) is 2.76. The van der Waals surface area contributed by atoms with Gasteiger partial charge in [0.05, 0.1) is 25.2 Å².